The van der Waals surface area contributed by atoms with Crippen molar-refractivity contribution < 1.29 is 0 Å². The molecule has 1 aliphatic rings. The lowest BCUT2D eigenvalue weighted by Crippen LogP contribution is -2.09. The van der Waals surface area contributed by atoms with Crippen LogP contribution in [0.5, 0.6) is 0 Å². The monoisotopic (exact) mass is 193 g/mol. The van der Waals surface area contributed by atoms with Crippen molar-refractivity contribution in [3.63, 3.8) is 0 Å². The van der Waals surface area contributed by atoms with Crippen LogP contribution in [-0.4, -0.2) is 16.2 Å². The van der Waals surface area contributed by atoms with E-state index >= 15 is 0 Å². The minimum atomic E-state index is 0.453. The first kappa shape index (κ1) is 9.56. The fraction of sp³-hybridized carbons (Fsp3) is 0.727. The second-order valence-corrected chi connectivity index (χ2v) is 4.49. The quantitative estimate of drug-likeness (QED) is 0.775. The normalized spacial score (nSPS) is 17.9. The maximum atomic E-state index is 4.26. The zero-order valence-electron chi connectivity index (χ0n) is 9.01. The number of hydrogen-bond acceptors (Lipinski definition) is 2. The number of H-pyrrole nitrogens is 1. The van der Waals surface area contributed by atoms with Crippen LogP contribution in [0.25, 0.3) is 0 Å². The van der Waals surface area contributed by atoms with Crippen molar-refractivity contribution in [3.8, 4) is 0 Å². The molecule has 0 aromatic carbocycles. The average Bonchev–Trinajstić information content (AvgIpc) is 2.69. The molecule has 78 valence electrons. The van der Waals surface area contributed by atoms with E-state index in [0.29, 0.717) is 6.04 Å². The van der Waals surface area contributed by atoms with E-state index in [1.807, 2.05) is 0 Å². The minimum Gasteiger partial charge on any atom is -0.366 e. The molecule has 0 radical (unpaired) electrons. The third-order valence-electron chi connectivity index (χ3n) is 2.83. The Morgan fingerprint density at radius 3 is 2.79 bits per heavy atom. The van der Waals surface area contributed by atoms with Crippen molar-refractivity contribution in [2.75, 3.05) is 5.32 Å². The van der Waals surface area contributed by atoms with Crippen LogP contribution in [0.3, 0.4) is 0 Å². The summed E-state index contributed by atoms with van der Waals surface area (Å²) in [7, 11) is 0. The number of anilines is 1. The molecule has 1 aromatic rings. The van der Waals surface area contributed by atoms with Crippen LogP contribution < -0.4 is 5.32 Å². The standard InChI is InChI=1S/C11H19N3/c1-8(2)12-11-7-10(13-14-11)9-5-3-4-6-9/h7-9H,3-6H2,1-2H3,(H2,12,13,14). The van der Waals surface area contributed by atoms with Gasteiger partial charge in [0.2, 0.25) is 0 Å². The highest BCUT2D eigenvalue weighted by molar-refractivity contribution is 5.37. The molecule has 3 heteroatoms. The lowest BCUT2D eigenvalue weighted by molar-refractivity contribution is 0.693. The van der Waals surface area contributed by atoms with Gasteiger partial charge < -0.3 is 5.32 Å². The van der Waals surface area contributed by atoms with Gasteiger partial charge in [0.1, 0.15) is 5.82 Å². The molecule has 0 unspecified atom stereocenters. The van der Waals surface area contributed by atoms with E-state index in [1.54, 1.807) is 0 Å². The summed E-state index contributed by atoms with van der Waals surface area (Å²) in [4.78, 5) is 0. The highest BCUT2D eigenvalue weighted by Gasteiger charge is 2.18. The average molecular weight is 193 g/mol. The van der Waals surface area contributed by atoms with Gasteiger partial charge in [-0.15, -0.1) is 0 Å². The zero-order valence-corrected chi connectivity index (χ0v) is 9.01. The van der Waals surface area contributed by atoms with Gasteiger partial charge in [0, 0.05) is 23.7 Å². The van der Waals surface area contributed by atoms with Gasteiger partial charge in [-0.25, -0.2) is 0 Å². The van der Waals surface area contributed by atoms with Crippen molar-refractivity contribution in [2.45, 2.75) is 51.5 Å². The van der Waals surface area contributed by atoms with Crippen molar-refractivity contribution in [1.82, 2.24) is 10.2 Å². The van der Waals surface area contributed by atoms with Gasteiger partial charge in [0.15, 0.2) is 0 Å². The summed E-state index contributed by atoms with van der Waals surface area (Å²) in [5.41, 5.74) is 1.31. The number of aromatic nitrogens is 2. The van der Waals surface area contributed by atoms with Crippen LogP contribution in [0.2, 0.25) is 0 Å². The Kier molecular flexibility index (Phi) is 2.75. The van der Waals surface area contributed by atoms with E-state index in [2.05, 4.69) is 35.4 Å². The Hall–Kier alpha value is -0.990. The second-order valence-electron chi connectivity index (χ2n) is 4.49. The molecule has 1 saturated carbocycles. The molecule has 14 heavy (non-hydrogen) atoms. The highest BCUT2D eigenvalue weighted by Crippen LogP contribution is 2.33. The van der Waals surface area contributed by atoms with E-state index < -0.39 is 0 Å². The molecule has 1 heterocycles. The maximum absolute atomic E-state index is 4.26. The number of hydrogen-bond donors (Lipinski definition) is 2. The van der Waals surface area contributed by atoms with Crippen LogP contribution in [0.1, 0.15) is 51.1 Å². The number of aromatic amines is 1. The third-order valence-corrected chi connectivity index (χ3v) is 2.83. The van der Waals surface area contributed by atoms with Gasteiger partial charge in [0.25, 0.3) is 0 Å². The van der Waals surface area contributed by atoms with Gasteiger partial charge in [-0.2, -0.15) is 5.10 Å². The Morgan fingerprint density at radius 2 is 2.14 bits per heavy atom. The highest BCUT2D eigenvalue weighted by atomic mass is 15.2. The van der Waals surface area contributed by atoms with Gasteiger partial charge in [-0.05, 0) is 26.7 Å². The topological polar surface area (TPSA) is 40.7 Å². The van der Waals surface area contributed by atoms with Gasteiger partial charge in [-0.1, -0.05) is 12.8 Å². The number of nitrogens with zero attached hydrogens (tertiary/aromatic N) is 1. The van der Waals surface area contributed by atoms with Crippen molar-refractivity contribution in [3.05, 3.63) is 11.8 Å². The molecule has 1 aliphatic carbocycles. The largest absolute Gasteiger partial charge is 0.366 e. The summed E-state index contributed by atoms with van der Waals surface area (Å²) < 4.78 is 0. The van der Waals surface area contributed by atoms with E-state index in [-0.39, 0.29) is 0 Å². The van der Waals surface area contributed by atoms with Crippen LogP contribution in [0.4, 0.5) is 5.82 Å². The summed E-state index contributed by atoms with van der Waals surface area (Å²) in [6, 6.07) is 2.62. The molecule has 0 saturated heterocycles. The van der Waals surface area contributed by atoms with E-state index in [1.165, 1.54) is 31.4 Å². The first-order valence-electron chi connectivity index (χ1n) is 5.57. The summed E-state index contributed by atoms with van der Waals surface area (Å²) >= 11 is 0. The maximum Gasteiger partial charge on any atom is 0.148 e. The lowest BCUT2D eigenvalue weighted by atomic mass is 10.0. The number of nitrogens with one attached hydrogen (secondary N) is 2. The molecule has 3 nitrogen and oxygen atoms in total. The summed E-state index contributed by atoms with van der Waals surface area (Å²) in [5, 5.41) is 10.7. The molecule has 0 bridgehead atoms. The van der Waals surface area contributed by atoms with Crippen LogP contribution >= 0.6 is 0 Å². The molecule has 0 spiro atoms. The zero-order chi connectivity index (χ0) is 9.97. The predicted molar refractivity (Wildman–Crippen MR) is 58.6 cm³/mol. The Balaban J connectivity index is 2.01. The third kappa shape index (κ3) is 2.08. The predicted octanol–water partition coefficient (Wildman–Crippen LogP) is 2.89. The summed E-state index contributed by atoms with van der Waals surface area (Å²) in [6.45, 7) is 4.26. The van der Waals surface area contributed by atoms with Crippen LogP contribution in [0.15, 0.2) is 6.07 Å². The minimum absolute atomic E-state index is 0.453. The lowest BCUT2D eigenvalue weighted by Gasteiger charge is -2.05. The van der Waals surface area contributed by atoms with E-state index in [9.17, 15) is 0 Å². The molecule has 2 N–H and O–H groups in total. The Morgan fingerprint density at radius 1 is 1.43 bits per heavy atom. The Bertz CT molecular complexity index is 284. The molecule has 1 aromatic heterocycles. The summed E-state index contributed by atoms with van der Waals surface area (Å²) in [5.74, 6) is 1.71. The van der Waals surface area contributed by atoms with Crippen LogP contribution in [-0.2, 0) is 0 Å². The molecule has 2 rings (SSSR count). The van der Waals surface area contributed by atoms with Gasteiger partial charge >= 0.3 is 0 Å². The fourth-order valence-electron chi connectivity index (χ4n) is 2.15. The van der Waals surface area contributed by atoms with Gasteiger partial charge in [0.05, 0.1) is 0 Å². The van der Waals surface area contributed by atoms with Gasteiger partial charge in [-0.3, -0.25) is 5.10 Å². The summed E-state index contributed by atoms with van der Waals surface area (Å²) in [6.07, 6.45) is 5.39. The molecule has 1 fully saturated rings. The SMILES string of the molecule is CC(C)Nc1cc(C2CCCC2)[nH]n1. The van der Waals surface area contributed by atoms with Crippen molar-refractivity contribution in [1.29, 1.82) is 0 Å². The fourth-order valence-corrected chi connectivity index (χ4v) is 2.15. The molecule has 0 aliphatic heterocycles. The van der Waals surface area contributed by atoms with E-state index in [0.717, 1.165) is 11.7 Å². The van der Waals surface area contributed by atoms with Crippen LogP contribution in [0, 0.1) is 0 Å². The molecular weight excluding hydrogens is 174 g/mol. The van der Waals surface area contributed by atoms with E-state index in [4.69, 9.17) is 0 Å². The second kappa shape index (κ2) is 4.03. The van der Waals surface area contributed by atoms with Crippen molar-refractivity contribution in [2.24, 2.45) is 0 Å². The molecule has 0 atom stereocenters. The molecule has 0 amide bonds. The first-order valence-corrected chi connectivity index (χ1v) is 5.57. The molecular formula is C11H19N3. The van der Waals surface area contributed by atoms with Crippen molar-refractivity contribution >= 4 is 5.82 Å². The first-order chi connectivity index (χ1) is 6.75. The number of rotatable bonds is 3. The Labute approximate surface area is 85.3 Å². The smallest absolute Gasteiger partial charge is 0.148 e.